The monoisotopic (exact) mass is 497 g/mol. The van der Waals surface area contributed by atoms with Crippen LogP contribution in [0.5, 0.6) is 11.5 Å². The van der Waals surface area contributed by atoms with Gasteiger partial charge in [0, 0.05) is 18.5 Å². The fourth-order valence-corrected chi connectivity index (χ4v) is 5.74. The first-order valence-corrected chi connectivity index (χ1v) is 13.0. The summed E-state index contributed by atoms with van der Waals surface area (Å²) in [5, 5.41) is 9.57. The van der Waals surface area contributed by atoms with Crippen molar-refractivity contribution in [2.24, 2.45) is 0 Å². The molecular formula is C31H31NO5. The van der Waals surface area contributed by atoms with E-state index in [9.17, 15) is 14.7 Å². The van der Waals surface area contributed by atoms with Crippen LogP contribution in [0.1, 0.15) is 52.7 Å². The standard InChI is InChI=1S/C31H31NO5/c1-20-4-5-21(16-29(34)31(12-13-31)24-10-11-27-28(17-24)37-19-36-27)15-26(20)22-6-8-23(9-7-22)30(35)32-14-2-3-25(32)18-33/h4-11,15,17,25,33H,2-3,12-14,16,18-19H2,1H3. The molecule has 1 atom stereocenters. The molecule has 1 aliphatic carbocycles. The van der Waals surface area contributed by atoms with Crippen molar-refractivity contribution in [2.75, 3.05) is 19.9 Å². The molecule has 1 unspecified atom stereocenters. The zero-order valence-electron chi connectivity index (χ0n) is 21.0. The van der Waals surface area contributed by atoms with Crippen molar-refractivity contribution in [3.8, 4) is 22.6 Å². The molecule has 2 fully saturated rings. The molecule has 3 aromatic carbocycles. The lowest BCUT2D eigenvalue weighted by molar-refractivity contribution is -0.120. The Morgan fingerprint density at radius 3 is 2.54 bits per heavy atom. The lowest BCUT2D eigenvalue weighted by Gasteiger charge is -2.23. The van der Waals surface area contributed by atoms with Crippen molar-refractivity contribution in [2.45, 2.75) is 50.5 Å². The van der Waals surface area contributed by atoms with Crippen molar-refractivity contribution in [1.82, 2.24) is 4.90 Å². The van der Waals surface area contributed by atoms with Crippen LogP contribution in [0.15, 0.2) is 60.7 Å². The van der Waals surface area contributed by atoms with E-state index in [0.717, 1.165) is 59.3 Å². The first kappa shape index (κ1) is 23.7. The average molecular weight is 498 g/mol. The average Bonchev–Trinajstić information content (AvgIpc) is 3.37. The number of aliphatic hydroxyl groups is 1. The number of nitrogens with zero attached hydrogens (tertiary/aromatic N) is 1. The number of aryl methyl sites for hydroxylation is 1. The minimum absolute atomic E-state index is 0.00445. The molecule has 0 aromatic heterocycles. The van der Waals surface area contributed by atoms with Gasteiger partial charge in [0.1, 0.15) is 5.78 Å². The zero-order valence-corrected chi connectivity index (χ0v) is 21.0. The maximum absolute atomic E-state index is 13.5. The van der Waals surface area contributed by atoms with Gasteiger partial charge >= 0.3 is 0 Å². The number of ether oxygens (including phenoxy) is 2. The number of Topliss-reactive ketones (excluding diaryl/α,β-unsaturated/α-hetero) is 1. The fraction of sp³-hybridized carbons (Fsp3) is 0.355. The molecule has 1 saturated carbocycles. The Balaban J connectivity index is 1.20. The first-order valence-electron chi connectivity index (χ1n) is 13.0. The molecule has 0 bridgehead atoms. The van der Waals surface area contributed by atoms with E-state index in [1.807, 2.05) is 48.5 Å². The van der Waals surface area contributed by atoms with Gasteiger partial charge in [-0.15, -0.1) is 0 Å². The summed E-state index contributed by atoms with van der Waals surface area (Å²) in [5.74, 6) is 1.65. The quantitative estimate of drug-likeness (QED) is 0.506. The summed E-state index contributed by atoms with van der Waals surface area (Å²) in [6, 6.07) is 19.6. The Hall–Kier alpha value is -3.64. The maximum atomic E-state index is 13.5. The molecule has 2 heterocycles. The highest BCUT2D eigenvalue weighted by Crippen LogP contribution is 2.51. The van der Waals surface area contributed by atoms with E-state index < -0.39 is 5.41 Å². The lowest BCUT2D eigenvalue weighted by Crippen LogP contribution is -2.37. The van der Waals surface area contributed by atoms with Gasteiger partial charge in [-0.3, -0.25) is 9.59 Å². The SMILES string of the molecule is Cc1ccc(CC(=O)C2(c3ccc4c(c3)OCO4)CC2)cc1-c1ccc(C(=O)N2CCCC2CO)cc1. The number of carbonyl (C=O) groups excluding carboxylic acids is 2. The zero-order chi connectivity index (χ0) is 25.6. The van der Waals surface area contributed by atoms with Gasteiger partial charge in [0.2, 0.25) is 6.79 Å². The minimum Gasteiger partial charge on any atom is -0.454 e. The Kier molecular flexibility index (Phi) is 6.00. The summed E-state index contributed by atoms with van der Waals surface area (Å²) < 4.78 is 11.0. The van der Waals surface area contributed by atoms with Crippen LogP contribution in [0.3, 0.4) is 0 Å². The number of ketones is 1. The van der Waals surface area contributed by atoms with E-state index in [2.05, 4.69) is 19.1 Å². The number of fused-ring (bicyclic) bond motifs is 1. The summed E-state index contributed by atoms with van der Waals surface area (Å²) in [6.45, 7) is 2.98. The van der Waals surface area contributed by atoms with Crippen LogP contribution in [-0.2, 0) is 16.6 Å². The molecule has 6 rings (SSSR count). The minimum atomic E-state index is -0.434. The Labute approximate surface area is 216 Å². The van der Waals surface area contributed by atoms with E-state index in [4.69, 9.17) is 9.47 Å². The Bertz CT molecular complexity index is 1360. The summed E-state index contributed by atoms with van der Waals surface area (Å²) in [5.41, 5.74) is 5.39. The number of hydrogen-bond acceptors (Lipinski definition) is 5. The number of benzene rings is 3. The predicted molar refractivity (Wildman–Crippen MR) is 140 cm³/mol. The molecule has 190 valence electrons. The number of amides is 1. The highest BCUT2D eigenvalue weighted by molar-refractivity contribution is 5.96. The smallest absolute Gasteiger partial charge is 0.254 e. The number of aliphatic hydroxyl groups excluding tert-OH is 1. The molecule has 37 heavy (non-hydrogen) atoms. The summed E-state index contributed by atoms with van der Waals surface area (Å²) >= 11 is 0. The summed E-state index contributed by atoms with van der Waals surface area (Å²) in [6.07, 6.45) is 3.86. The predicted octanol–water partition coefficient (Wildman–Crippen LogP) is 4.83. The molecule has 1 N–H and O–H groups in total. The third-order valence-electron chi connectivity index (χ3n) is 8.17. The van der Waals surface area contributed by atoms with Crippen LogP contribution in [0.4, 0.5) is 0 Å². The van der Waals surface area contributed by atoms with Crippen molar-refractivity contribution >= 4 is 11.7 Å². The second-order valence-electron chi connectivity index (χ2n) is 10.5. The molecule has 0 radical (unpaired) electrons. The number of likely N-dealkylation sites (tertiary alicyclic amines) is 1. The van der Waals surface area contributed by atoms with Crippen LogP contribution in [0.25, 0.3) is 11.1 Å². The van der Waals surface area contributed by atoms with Gasteiger partial charge in [-0.25, -0.2) is 0 Å². The van der Waals surface area contributed by atoms with Crippen LogP contribution in [0, 0.1) is 6.92 Å². The third kappa shape index (κ3) is 4.29. The molecule has 6 nitrogen and oxygen atoms in total. The van der Waals surface area contributed by atoms with Crippen molar-refractivity contribution in [1.29, 1.82) is 0 Å². The van der Waals surface area contributed by atoms with Crippen molar-refractivity contribution in [3.05, 3.63) is 82.9 Å². The highest BCUT2D eigenvalue weighted by Gasteiger charge is 2.50. The molecule has 2 aliphatic heterocycles. The molecule has 0 spiro atoms. The van der Waals surface area contributed by atoms with Gasteiger partial charge < -0.3 is 19.5 Å². The molecule has 1 saturated heterocycles. The molecular weight excluding hydrogens is 466 g/mol. The molecule has 1 amide bonds. The summed E-state index contributed by atoms with van der Waals surface area (Å²) in [7, 11) is 0. The van der Waals surface area contributed by atoms with E-state index >= 15 is 0 Å². The normalized spacial score (nSPS) is 19.2. The van der Waals surface area contributed by atoms with E-state index in [1.54, 1.807) is 4.90 Å². The maximum Gasteiger partial charge on any atom is 0.254 e. The third-order valence-corrected chi connectivity index (χ3v) is 8.17. The van der Waals surface area contributed by atoms with Gasteiger partial charge in [0.15, 0.2) is 11.5 Å². The second-order valence-corrected chi connectivity index (χ2v) is 10.5. The topological polar surface area (TPSA) is 76.1 Å². The van der Waals surface area contributed by atoms with Gasteiger partial charge in [-0.2, -0.15) is 0 Å². The summed E-state index contributed by atoms with van der Waals surface area (Å²) in [4.78, 5) is 28.2. The number of hydrogen-bond donors (Lipinski definition) is 1. The van der Waals surface area contributed by atoms with E-state index in [0.29, 0.717) is 24.3 Å². The van der Waals surface area contributed by atoms with Gasteiger partial charge in [-0.05, 0) is 84.7 Å². The van der Waals surface area contributed by atoms with Gasteiger partial charge in [0.05, 0.1) is 18.1 Å². The molecule has 6 heteroatoms. The van der Waals surface area contributed by atoms with Crippen molar-refractivity contribution < 1.29 is 24.2 Å². The van der Waals surface area contributed by atoms with Crippen molar-refractivity contribution in [3.63, 3.8) is 0 Å². The van der Waals surface area contributed by atoms with E-state index in [-0.39, 0.29) is 31.1 Å². The van der Waals surface area contributed by atoms with E-state index in [1.165, 1.54) is 0 Å². The van der Waals surface area contributed by atoms with Gasteiger partial charge in [-0.1, -0.05) is 36.4 Å². The lowest BCUT2D eigenvalue weighted by atomic mass is 9.87. The van der Waals surface area contributed by atoms with Crippen LogP contribution < -0.4 is 9.47 Å². The van der Waals surface area contributed by atoms with Gasteiger partial charge in [0.25, 0.3) is 5.91 Å². The molecule has 3 aliphatic rings. The first-order chi connectivity index (χ1) is 18.0. The Morgan fingerprint density at radius 1 is 1.00 bits per heavy atom. The number of rotatable bonds is 7. The Morgan fingerprint density at radius 2 is 1.78 bits per heavy atom. The fourth-order valence-electron chi connectivity index (χ4n) is 5.74. The highest BCUT2D eigenvalue weighted by atomic mass is 16.7. The largest absolute Gasteiger partial charge is 0.454 e. The molecule has 3 aromatic rings. The second kappa shape index (κ2) is 9.34. The number of carbonyl (C=O) groups is 2. The van der Waals surface area contributed by atoms with Crippen LogP contribution in [-0.4, -0.2) is 47.7 Å². The van der Waals surface area contributed by atoms with Crippen LogP contribution >= 0.6 is 0 Å². The van der Waals surface area contributed by atoms with Crippen LogP contribution in [0.2, 0.25) is 0 Å².